The van der Waals surface area contributed by atoms with Gasteiger partial charge in [-0.1, -0.05) is 12.5 Å². The largest absolute Gasteiger partial charge is 0.314 e. The van der Waals surface area contributed by atoms with Gasteiger partial charge in [0, 0.05) is 24.3 Å². The fourth-order valence-corrected chi connectivity index (χ4v) is 2.76. The average molecular weight is 247 g/mol. The number of pyridine rings is 1. The second-order valence-corrected chi connectivity index (χ2v) is 5.43. The Bertz CT molecular complexity index is 333. The smallest absolute Gasteiger partial charge is 0.0570 e. The van der Waals surface area contributed by atoms with E-state index in [0.717, 1.165) is 5.69 Å². The van der Waals surface area contributed by atoms with E-state index in [1.54, 1.807) is 0 Å². The van der Waals surface area contributed by atoms with Crippen LogP contribution in [0.2, 0.25) is 0 Å². The normalized spacial score (nSPS) is 23.6. The van der Waals surface area contributed by atoms with Gasteiger partial charge in [0.2, 0.25) is 0 Å². The van der Waals surface area contributed by atoms with Crippen LogP contribution in [-0.4, -0.2) is 23.6 Å². The van der Waals surface area contributed by atoms with Gasteiger partial charge in [-0.3, -0.25) is 4.98 Å². The van der Waals surface area contributed by atoms with Crippen molar-refractivity contribution in [2.75, 3.05) is 6.54 Å². The highest BCUT2D eigenvalue weighted by Gasteiger charge is 2.17. The van der Waals surface area contributed by atoms with E-state index in [4.69, 9.17) is 0 Å². The lowest BCUT2D eigenvalue weighted by molar-refractivity contribution is 0.333. The predicted molar refractivity (Wildman–Crippen MR) is 75.5 cm³/mol. The molecule has 1 aromatic rings. The lowest BCUT2D eigenvalue weighted by Gasteiger charge is -2.28. The Hall–Kier alpha value is -0.930. The fourth-order valence-electron chi connectivity index (χ4n) is 2.76. The van der Waals surface area contributed by atoms with Crippen LogP contribution in [-0.2, 0) is 0 Å². The number of piperidine rings is 1. The maximum atomic E-state index is 4.40. The van der Waals surface area contributed by atoms with Crippen LogP contribution in [0.3, 0.4) is 0 Å². The molecule has 1 saturated heterocycles. The van der Waals surface area contributed by atoms with Gasteiger partial charge >= 0.3 is 0 Å². The monoisotopic (exact) mass is 247 g/mol. The van der Waals surface area contributed by atoms with Crippen LogP contribution < -0.4 is 10.6 Å². The molecule has 100 valence electrons. The highest BCUT2D eigenvalue weighted by molar-refractivity contribution is 5.07. The van der Waals surface area contributed by atoms with Crippen LogP contribution in [0.4, 0.5) is 0 Å². The summed E-state index contributed by atoms with van der Waals surface area (Å²) in [6.07, 6.45) is 7.10. The molecule has 2 N–H and O–H groups in total. The Kier molecular flexibility index (Phi) is 5.14. The fraction of sp³-hybridized carbons (Fsp3) is 0.667. The maximum Gasteiger partial charge on any atom is 0.0570 e. The molecule has 0 spiro atoms. The van der Waals surface area contributed by atoms with Crippen LogP contribution in [0.5, 0.6) is 0 Å². The van der Waals surface area contributed by atoms with Crippen molar-refractivity contribution in [1.82, 2.24) is 15.6 Å². The summed E-state index contributed by atoms with van der Waals surface area (Å²) in [5.41, 5.74) is 1.13. The number of rotatable bonds is 5. The van der Waals surface area contributed by atoms with E-state index in [-0.39, 0.29) is 0 Å². The molecule has 1 aliphatic rings. The lowest BCUT2D eigenvalue weighted by Crippen LogP contribution is -2.40. The predicted octanol–water partition coefficient (Wildman–Crippen LogP) is 2.65. The van der Waals surface area contributed by atoms with Crippen LogP contribution >= 0.6 is 0 Å². The maximum absolute atomic E-state index is 4.40. The van der Waals surface area contributed by atoms with Crippen molar-refractivity contribution in [2.24, 2.45) is 0 Å². The Balaban J connectivity index is 1.78. The molecule has 1 aliphatic heterocycles. The molecule has 3 nitrogen and oxygen atoms in total. The number of nitrogens with zero attached hydrogens (tertiary/aromatic N) is 1. The lowest BCUT2D eigenvalue weighted by atomic mass is 9.98. The molecule has 0 aromatic carbocycles. The molecular formula is C15H25N3. The first-order valence-electron chi connectivity index (χ1n) is 7.16. The van der Waals surface area contributed by atoms with Gasteiger partial charge in [-0.05, 0) is 51.8 Å². The molecule has 3 heteroatoms. The summed E-state index contributed by atoms with van der Waals surface area (Å²) >= 11 is 0. The third-order valence-electron chi connectivity index (χ3n) is 3.72. The number of aromatic nitrogens is 1. The van der Waals surface area contributed by atoms with E-state index >= 15 is 0 Å². The highest BCUT2D eigenvalue weighted by atomic mass is 15.0. The molecule has 1 fully saturated rings. The molecule has 2 rings (SSSR count). The van der Waals surface area contributed by atoms with Crippen LogP contribution in [0, 0.1) is 0 Å². The molecule has 0 amide bonds. The molecule has 3 atom stereocenters. The van der Waals surface area contributed by atoms with Gasteiger partial charge in [-0.2, -0.15) is 0 Å². The zero-order chi connectivity index (χ0) is 12.8. The minimum Gasteiger partial charge on any atom is -0.314 e. The average Bonchev–Trinajstić information content (AvgIpc) is 2.40. The summed E-state index contributed by atoms with van der Waals surface area (Å²) in [4.78, 5) is 4.40. The van der Waals surface area contributed by atoms with Crippen molar-refractivity contribution in [1.29, 1.82) is 0 Å². The Morgan fingerprint density at radius 2 is 2.28 bits per heavy atom. The molecule has 2 heterocycles. The second-order valence-electron chi connectivity index (χ2n) is 5.43. The van der Waals surface area contributed by atoms with E-state index in [2.05, 4.69) is 35.5 Å². The molecule has 0 saturated carbocycles. The molecule has 0 bridgehead atoms. The van der Waals surface area contributed by atoms with Gasteiger partial charge in [-0.25, -0.2) is 0 Å². The van der Waals surface area contributed by atoms with Crippen molar-refractivity contribution in [3.8, 4) is 0 Å². The van der Waals surface area contributed by atoms with E-state index in [9.17, 15) is 0 Å². The molecule has 18 heavy (non-hydrogen) atoms. The van der Waals surface area contributed by atoms with Gasteiger partial charge in [0.25, 0.3) is 0 Å². The quantitative estimate of drug-likeness (QED) is 0.840. The van der Waals surface area contributed by atoms with Crippen LogP contribution in [0.1, 0.15) is 51.3 Å². The van der Waals surface area contributed by atoms with E-state index in [0.29, 0.717) is 18.1 Å². The third kappa shape index (κ3) is 4.07. The van der Waals surface area contributed by atoms with Crippen molar-refractivity contribution in [3.63, 3.8) is 0 Å². The molecule has 1 aromatic heterocycles. The topological polar surface area (TPSA) is 37.0 Å². The summed E-state index contributed by atoms with van der Waals surface area (Å²) < 4.78 is 0. The molecule has 0 aliphatic carbocycles. The van der Waals surface area contributed by atoms with Gasteiger partial charge in [-0.15, -0.1) is 0 Å². The van der Waals surface area contributed by atoms with Crippen molar-refractivity contribution < 1.29 is 0 Å². The van der Waals surface area contributed by atoms with Crippen molar-refractivity contribution in [2.45, 2.75) is 57.7 Å². The number of hydrogen-bond acceptors (Lipinski definition) is 3. The zero-order valence-electron chi connectivity index (χ0n) is 11.5. The third-order valence-corrected chi connectivity index (χ3v) is 3.72. The summed E-state index contributed by atoms with van der Waals surface area (Å²) in [5, 5.41) is 7.25. The van der Waals surface area contributed by atoms with Crippen LogP contribution in [0.15, 0.2) is 24.4 Å². The number of nitrogens with one attached hydrogen (secondary N) is 2. The Labute approximate surface area is 110 Å². The standard InChI is InChI=1S/C15H25N3/c1-12(11-14-7-3-5-9-16-14)18-13(2)15-8-4-6-10-17-15/h4,6,8,10,12-14,16,18H,3,5,7,9,11H2,1-2H3/t12?,13-,14?/m0/s1. The summed E-state index contributed by atoms with van der Waals surface area (Å²) in [6, 6.07) is 7.64. The van der Waals surface area contributed by atoms with Crippen molar-refractivity contribution in [3.05, 3.63) is 30.1 Å². The number of hydrogen-bond donors (Lipinski definition) is 2. The molecule has 0 radical (unpaired) electrons. The minimum atomic E-state index is 0.324. The summed E-state index contributed by atoms with van der Waals surface area (Å²) in [6.45, 7) is 5.65. The minimum absolute atomic E-state index is 0.324. The van der Waals surface area contributed by atoms with Crippen molar-refractivity contribution >= 4 is 0 Å². The van der Waals surface area contributed by atoms with Gasteiger partial charge in [0.05, 0.1) is 5.69 Å². The van der Waals surface area contributed by atoms with Crippen LogP contribution in [0.25, 0.3) is 0 Å². The van der Waals surface area contributed by atoms with Gasteiger partial charge in [0.15, 0.2) is 0 Å². The summed E-state index contributed by atoms with van der Waals surface area (Å²) in [5.74, 6) is 0. The Morgan fingerprint density at radius 1 is 1.39 bits per heavy atom. The van der Waals surface area contributed by atoms with E-state index in [1.165, 1.54) is 32.2 Å². The SMILES string of the molecule is CC(CC1CCCCN1)N[C@@H](C)c1ccccn1. The second kappa shape index (κ2) is 6.86. The zero-order valence-corrected chi connectivity index (χ0v) is 11.5. The first-order chi connectivity index (χ1) is 8.75. The summed E-state index contributed by atoms with van der Waals surface area (Å²) in [7, 11) is 0. The Morgan fingerprint density at radius 3 is 2.94 bits per heavy atom. The molecule has 2 unspecified atom stereocenters. The highest BCUT2D eigenvalue weighted by Crippen LogP contribution is 2.15. The van der Waals surface area contributed by atoms with E-state index in [1.807, 2.05) is 18.3 Å². The van der Waals surface area contributed by atoms with Gasteiger partial charge in [0.1, 0.15) is 0 Å². The van der Waals surface area contributed by atoms with E-state index < -0.39 is 0 Å². The first-order valence-corrected chi connectivity index (χ1v) is 7.16. The van der Waals surface area contributed by atoms with Gasteiger partial charge < -0.3 is 10.6 Å². The first kappa shape index (κ1) is 13.5. The molecular weight excluding hydrogens is 222 g/mol.